The fourth-order valence-corrected chi connectivity index (χ4v) is 5.99. The minimum atomic E-state index is -1.01. The number of carbonyl (C=O) groups is 3. The van der Waals surface area contributed by atoms with Crippen molar-refractivity contribution in [3.63, 3.8) is 0 Å². The molecule has 2 amide bonds. The van der Waals surface area contributed by atoms with Gasteiger partial charge in [-0.3, -0.25) is 14.4 Å². The van der Waals surface area contributed by atoms with Gasteiger partial charge in [0, 0.05) is 24.7 Å². The van der Waals surface area contributed by atoms with E-state index in [0.717, 1.165) is 26.7 Å². The molecule has 3 heterocycles. The number of anilines is 3. The number of esters is 1. The molecule has 0 N–H and O–H groups in total. The van der Waals surface area contributed by atoms with Gasteiger partial charge in [0.1, 0.15) is 10.9 Å². The van der Waals surface area contributed by atoms with Gasteiger partial charge in [-0.15, -0.1) is 11.3 Å². The molecule has 0 unspecified atom stereocenters. The summed E-state index contributed by atoms with van der Waals surface area (Å²) < 4.78 is 4.97. The number of fused-ring (bicyclic) bond motifs is 1. The van der Waals surface area contributed by atoms with Crippen LogP contribution in [0.1, 0.15) is 32.4 Å². The Labute approximate surface area is 213 Å². The van der Waals surface area contributed by atoms with E-state index in [-0.39, 0.29) is 10.6 Å². The number of hydrogen-bond donors (Lipinski definition) is 0. The lowest BCUT2D eigenvalue weighted by Gasteiger charge is -2.29. The number of methoxy groups -OCH3 is 1. The van der Waals surface area contributed by atoms with Gasteiger partial charge in [-0.25, -0.2) is 14.8 Å². The van der Waals surface area contributed by atoms with Gasteiger partial charge >= 0.3 is 5.97 Å². The Balaban J connectivity index is 1.60. The highest BCUT2D eigenvalue weighted by atomic mass is 32.1. The van der Waals surface area contributed by atoms with Gasteiger partial charge in [-0.05, 0) is 49.2 Å². The van der Waals surface area contributed by atoms with Crippen LogP contribution in [0.25, 0.3) is 0 Å². The molecule has 36 heavy (non-hydrogen) atoms. The fourth-order valence-electron chi connectivity index (χ4n) is 4.83. The number of para-hydroxylation sites is 1. The maximum absolute atomic E-state index is 14.0. The summed E-state index contributed by atoms with van der Waals surface area (Å²) in [5, 5.41) is 1.96. The quantitative estimate of drug-likeness (QED) is 0.379. The Morgan fingerprint density at radius 1 is 1.00 bits per heavy atom. The number of amides is 2. The van der Waals surface area contributed by atoms with Crippen LogP contribution in [0, 0.1) is 19.8 Å². The smallest absolute Gasteiger partial charge is 0.341 e. The van der Waals surface area contributed by atoms with Crippen molar-refractivity contribution in [2.75, 3.05) is 36.1 Å². The van der Waals surface area contributed by atoms with Crippen LogP contribution in [0.4, 0.5) is 16.4 Å². The number of nitrogens with zero attached hydrogens (tertiary/aromatic N) is 3. The van der Waals surface area contributed by atoms with Gasteiger partial charge in [-0.1, -0.05) is 30.3 Å². The Kier molecular flexibility index (Phi) is 6.05. The second kappa shape index (κ2) is 9.07. The summed E-state index contributed by atoms with van der Waals surface area (Å²) in [5.41, 5.74) is 3.56. The van der Waals surface area contributed by atoms with Gasteiger partial charge in [0.15, 0.2) is 6.10 Å². The van der Waals surface area contributed by atoms with E-state index in [1.807, 2.05) is 80.5 Å². The first kappa shape index (κ1) is 24.0. The zero-order valence-electron chi connectivity index (χ0n) is 20.7. The molecule has 5 rings (SSSR count). The average Bonchev–Trinajstić information content (AvgIpc) is 3.49. The maximum atomic E-state index is 14.0. The summed E-state index contributed by atoms with van der Waals surface area (Å²) in [7, 11) is 5.21. The molecular formula is C27H27N3O5S. The van der Waals surface area contributed by atoms with E-state index in [9.17, 15) is 14.4 Å². The SMILES string of the molecule is COC(=O)c1c(N2C(=O)[C@H]3[C@H](ON(c4ccccc4)[C@H]3c3ccc(N(C)C)cc3)C2=O)sc(C)c1C. The van der Waals surface area contributed by atoms with Gasteiger partial charge in [0.2, 0.25) is 5.91 Å². The molecule has 2 aromatic carbocycles. The first-order valence-corrected chi connectivity index (χ1v) is 12.4. The van der Waals surface area contributed by atoms with Crippen LogP contribution in [0.15, 0.2) is 54.6 Å². The van der Waals surface area contributed by atoms with E-state index in [4.69, 9.17) is 9.57 Å². The van der Waals surface area contributed by atoms with E-state index >= 15 is 0 Å². The molecule has 2 aliphatic heterocycles. The molecule has 8 nitrogen and oxygen atoms in total. The molecule has 2 aliphatic rings. The van der Waals surface area contributed by atoms with Crippen molar-refractivity contribution in [3.8, 4) is 0 Å². The van der Waals surface area contributed by atoms with Gasteiger partial charge in [0.05, 0.1) is 24.4 Å². The second-order valence-electron chi connectivity index (χ2n) is 9.11. The third kappa shape index (κ3) is 3.66. The van der Waals surface area contributed by atoms with E-state index < -0.39 is 35.8 Å². The van der Waals surface area contributed by atoms with Crippen LogP contribution in [0.5, 0.6) is 0 Å². The molecule has 3 aromatic rings. The Hall–Kier alpha value is -3.69. The highest BCUT2D eigenvalue weighted by Crippen LogP contribution is 2.49. The van der Waals surface area contributed by atoms with Gasteiger partial charge in [0.25, 0.3) is 5.91 Å². The van der Waals surface area contributed by atoms with Crippen molar-refractivity contribution >= 4 is 45.5 Å². The van der Waals surface area contributed by atoms with Crippen LogP contribution in [0.3, 0.4) is 0 Å². The zero-order valence-corrected chi connectivity index (χ0v) is 21.5. The fraction of sp³-hybridized carbons (Fsp3) is 0.296. The van der Waals surface area contributed by atoms with E-state index in [2.05, 4.69) is 0 Å². The van der Waals surface area contributed by atoms with Crippen molar-refractivity contribution in [3.05, 3.63) is 76.2 Å². The number of ether oxygens (including phenoxy) is 1. The number of aryl methyl sites for hydroxylation is 1. The highest BCUT2D eigenvalue weighted by molar-refractivity contribution is 7.17. The molecule has 1 aromatic heterocycles. The summed E-state index contributed by atoms with van der Waals surface area (Å²) in [4.78, 5) is 50.4. The monoisotopic (exact) mass is 505 g/mol. The minimum absolute atomic E-state index is 0.244. The minimum Gasteiger partial charge on any atom is -0.465 e. The number of rotatable bonds is 5. The molecular weight excluding hydrogens is 478 g/mol. The lowest BCUT2D eigenvalue weighted by Crippen LogP contribution is -2.37. The predicted molar refractivity (Wildman–Crippen MR) is 138 cm³/mol. The van der Waals surface area contributed by atoms with Crippen LogP contribution >= 0.6 is 11.3 Å². The maximum Gasteiger partial charge on any atom is 0.341 e. The summed E-state index contributed by atoms with van der Waals surface area (Å²) in [6.45, 7) is 3.64. The number of hydrogen-bond acceptors (Lipinski definition) is 8. The Bertz CT molecular complexity index is 1340. The number of benzene rings is 2. The van der Waals surface area contributed by atoms with E-state index in [1.54, 1.807) is 12.0 Å². The van der Waals surface area contributed by atoms with Gasteiger partial charge in [-0.2, -0.15) is 0 Å². The normalized spacial score (nSPS) is 21.2. The third-order valence-electron chi connectivity index (χ3n) is 6.84. The summed E-state index contributed by atoms with van der Waals surface area (Å²) in [6, 6.07) is 16.8. The van der Waals surface area contributed by atoms with Crippen LogP contribution < -0.4 is 14.9 Å². The van der Waals surface area contributed by atoms with Crippen LogP contribution in [-0.2, 0) is 19.2 Å². The predicted octanol–water partition coefficient (Wildman–Crippen LogP) is 4.27. The summed E-state index contributed by atoms with van der Waals surface area (Å²) in [6.07, 6.45) is -1.01. The highest BCUT2D eigenvalue weighted by Gasteiger charge is 2.61. The first-order chi connectivity index (χ1) is 17.2. The summed E-state index contributed by atoms with van der Waals surface area (Å²) in [5.74, 6) is -2.23. The Morgan fingerprint density at radius 3 is 2.28 bits per heavy atom. The molecule has 0 spiro atoms. The molecule has 0 bridgehead atoms. The topological polar surface area (TPSA) is 79.4 Å². The average molecular weight is 506 g/mol. The number of imide groups is 1. The largest absolute Gasteiger partial charge is 0.465 e. The third-order valence-corrected chi connectivity index (χ3v) is 8.03. The molecule has 186 valence electrons. The van der Waals surface area contributed by atoms with Crippen molar-refractivity contribution in [1.82, 2.24) is 0 Å². The molecule has 2 saturated heterocycles. The van der Waals surface area contributed by atoms with Crippen LogP contribution in [0.2, 0.25) is 0 Å². The summed E-state index contributed by atoms with van der Waals surface area (Å²) >= 11 is 1.24. The van der Waals surface area contributed by atoms with Crippen molar-refractivity contribution < 1.29 is 24.0 Å². The Morgan fingerprint density at radius 2 is 1.67 bits per heavy atom. The number of carbonyl (C=O) groups excluding carboxylic acids is 3. The second-order valence-corrected chi connectivity index (χ2v) is 10.3. The first-order valence-electron chi connectivity index (χ1n) is 11.6. The standard InChI is InChI=1S/C27H27N3O5S/c1-15-16(2)36-26(20(15)27(33)34-5)29-24(31)21-22(17-11-13-18(14-12-17)28(3)4)30(35-23(21)25(29)32)19-9-7-6-8-10-19/h6-14,21-23H,1-5H3/t21-,22+,23+/m1/s1. The van der Waals surface area contributed by atoms with Crippen LogP contribution in [-0.4, -0.2) is 45.1 Å². The van der Waals surface area contributed by atoms with Crippen molar-refractivity contribution in [1.29, 1.82) is 0 Å². The molecule has 3 atom stereocenters. The number of thiophene rings is 1. The molecule has 0 saturated carbocycles. The zero-order chi connectivity index (χ0) is 25.7. The number of hydroxylamine groups is 1. The lowest BCUT2D eigenvalue weighted by atomic mass is 9.90. The molecule has 0 radical (unpaired) electrons. The van der Waals surface area contributed by atoms with Crippen molar-refractivity contribution in [2.24, 2.45) is 5.92 Å². The molecule has 0 aliphatic carbocycles. The molecule has 2 fully saturated rings. The van der Waals surface area contributed by atoms with E-state index in [1.165, 1.54) is 18.4 Å². The van der Waals surface area contributed by atoms with Gasteiger partial charge < -0.3 is 9.64 Å². The molecule has 9 heteroatoms. The van der Waals surface area contributed by atoms with E-state index in [0.29, 0.717) is 5.56 Å². The van der Waals surface area contributed by atoms with Crippen molar-refractivity contribution in [2.45, 2.75) is 26.0 Å². The lowest BCUT2D eigenvalue weighted by molar-refractivity contribution is -0.126.